The molecule has 0 bridgehead atoms. The number of hydrogen-bond donors (Lipinski definition) is 2. The third-order valence-corrected chi connectivity index (χ3v) is 5.63. The molecule has 0 amide bonds. The zero-order valence-corrected chi connectivity index (χ0v) is 17.0. The number of unbranched alkanes of at least 4 members (excludes halogenated alkanes) is 4. The number of hydrogen-bond acceptors (Lipinski definition) is 2. The van der Waals surface area contributed by atoms with Crippen LogP contribution in [0, 0.1) is 6.92 Å². The van der Waals surface area contributed by atoms with Crippen LogP contribution in [0.25, 0.3) is 10.9 Å². The molecular weight excluding hydrogens is 346 g/mol. The van der Waals surface area contributed by atoms with Gasteiger partial charge in [0.05, 0.1) is 5.56 Å². The van der Waals surface area contributed by atoms with E-state index in [4.69, 9.17) is 5.11 Å². The molecule has 3 heteroatoms. The third-order valence-electron chi connectivity index (χ3n) is 5.63. The number of aliphatic hydroxyl groups is 1. The lowest BCUT2D eigenvalue weighted by molar-refractivity contribution is 0.103. The second kappa shape index (κ2) is 9.70. The maximum Gasteiger partial charge on any atom is 0.195 e. The van der Waals surface area contributed by atoms with Gasteiger partial charge in [0, 0.05) is 28.8 Å². The summed E-state index contributed by atoms with van der Waals surface area (Å²) in [7, 11) is 0. The molecule has 1 unspecified atom stereocenters. The van der Waals surface area contributed by atoms with Crippen molar-refractivity contribution in [1.82, 2.24) is 4.98 Å². The number of carbonyl (C=O) groups excluding carboxylic acids is 1. The first-order chi connectivity index (χ1) is 13.6. The van der Waals surface area contributed by atoms with Crippen molar-refractivity contribution in [3.8, 4) is 0 Å². The van der Waals surface area contributed by atoms with Gasteiger partial charge in [-0.2, -0.15) is 0 Å². The molecule has 2 N–H and O–H groups in total. The normalized spacial score (nSPS) is 12.4. The smallest absolute Gasteiger partial charge is 0.195 e. The lowest BCUT2D eigenvalue weighted by atomic mass is 9.89. The Morgan fingerprint density at radius 1 is 0.964 bits per heavy atom. The summed E-state index contributed by atoms with van der Waals surface area (Å²) in [6.45, 7) is 4.55. The van der Waals surface area contributed by atoms with Gasteiger partial charge in [-0.15, -0.1) is 0 Å². The van der Waals surface area contributed by atoms with E-state index in [1.807, 2.05) is 37.3 Å². The number of benzene rings is 2. The molecule has 1 heterocycles. The number of fused-ring (bicyclic) bond motifs is 1. The molecular formula is C25H31NO2. The molecule has 0 radical (unpaired) electrons. The molecule has 0 aliphatic heterocycles. The van der Waals surface area contributed by atoms with Gasteiger partial charge in [-0.05, 0) is 37.3 Å². The lowest BCUT2D eigenvalue weighted by Crippen LogP contribution is -2.04. The van der Waals surface area contributed by atoms with Crippen LogP contribution in [-0.2, 0) is 0 Å². The second-order valence-corrected chi connectivity index (χ2v) is 7.77. The van der Waals surface area contributed by atoms with Crippen LogP contribution in [0.2, 0.25) is 0 Å². The number of aromatic nitrogens is 1. The zero-order valence-electron chi connectivity index (χ0n) is 17.0. The summed E-state index contributed by atoms with van der Waals surface area (Å²) in [5.74, 6) is 0.493. The molecule has 3 rings (SSSR count). The molecule has 0 saturated carbocycles. The third kappa shape index (κ3) is 4.53. The maximum atomic E-state index is 13.2. The predicted octanol–water partition coefficient (Wildman–Crippen LogP) is 6.14. The second-order valence-electron chi connectivity index (χ2n) is 7.77. The number of nitrogens with one attached hydrogen (secondary N) is 1. The zero-order chi connectivity index (χ0) is 19.9. The molecule has 148 valence electrons. The van der Waals surface area contributed by atoms with Gasteiger partial charge in [0.1, 0.15) is 0 Å². The fourth-order valence-corrected chi connectivity index (χ4v) is 4.08. The first kappa shape index (κ1) is 20.3. The van der Waals surface area contributed by atoms with Gasteiger partial charge < -0.3 is 10.1 Å². The minimum Gasteiger partial charge on any atom is -0.396 e. The summed E-state index contributed by atoms with van der Waals surface area (Å²) in [5, 5.41) is 9.97. The molecule has 1 aromatic heterocycles. The van der Waals surface area contributed by atoms with Gasteiger partial charge in [0.2, 0.25) is 0 Å². The van der Waals surface area contributed by atoms with Crippen LogP contribution in [0.4, 0.5) is 0 Å². The van der Waals surface area contributed by atoms with E-state index in [2.05, 4.69) is 30.1 Å². The average Bonchev–Trinajstić information content (AvgIpc) is 3.06. The topological polar surface area (TPSA) is 53.1 Å². The summed E-state index contributed by atoms with van der Waals surface area (Å²) >= 11 is 0. The Morgan fingerprint density at radius 3 is 2.43 bits per heavy atom. The molecule has 0 saturated heterocycles. The minimum atomic E-state index is 0.0907. The van der Waals surface area contributed by atoms with Crippen molar-refractivity contribution in [1.29, 1.82) is 0 Å². The Balaban J connectivity index is 1.84. The fourth-order valence-electron chi connectivity index (χ4n) is 4.08. The van der Waals surface area contributed by atoms with Crippen molar-refractivity contribution >= 4 is 16.7 Å². The van der Waals surface area contributed by atoms with Gasteiger partial charge in [-0.25, -0.2) is 0 Å². The van der Waals surface area contributed by atoms with Crippen molar-refractivity contribution in [2.24, 2.45) is 0 Å². The van der Waals surface area contributed by atoms with Crippen molar-refractivity contribution in [3.63, 3.8) is 0 Å². The number of H-pyrrole nitrogens is 1. The molecule has 2 aromatic carbocycles. The van der Waals surface area contributed by atoms with E-state index in [0.717, 1.165) is 47.0 Å². The Hall–Kier alpha value is -2.39. The molecule has 28 heavy (non-hydrogen) atoms. The van der Waals surface area contributed by atoms with E-state index in [1.54, 1.807) is 0 Å². The van der Waals surface area contributed by atoms with E-state index >= 15 is 0 Å². The van der Waals surface area contributed by atoms with Crippen LogP contribution in [0.1, 0.15) is 78.5 Å². The maximum absolute atomic E-state index is 13.2. The molecule has 0 aliphatic carbocycles. The Morgan fingerprint density at radius 2 is 1.68 bits per heavy atom. The minimum absolute atomic E-state index is 0.0907. The van der Waals surface area contributed by atoms with Crippen LogP contribution >= 0.6 is 0 Å². The number of aliphatic hydroxyl groups excluding tert-OH is 1. The van der Waals surface area contributed by atoms with Crippen LogP contribution < -0.4 is 0 Å². The van der Waals surface area contributed by atoms with Gasteiger partial charge >= 0.3 is 0 Å². The Kier molecular flexibility index (Phi) is 7.05. The number of aromatic amines is 1. The van der Waals surface area contributed by atoms with Crippen LogP contribution in [0.5, 0.6) is 0 Å². The highest BCUT2D eigenvalue weighted by molar-refractivity contribution is 6.18. The average molecular weight is 378 g/mol. The highest BCUT2D eigenvalue weighted by atomic mass is 16.2. The molecule has 1 atom stereocenters. The first-order valence-corrected chi connectivity index (χ1v) is 10.4. The van der Waals surface area contributed by atoms with Crippen molar-refractivity contribution in [3.05, 3.63) is 70.9 Å². The number of carbonyl (C=O) groups is 1. The van der Waals surface area contributed by atoms with Crippen LogP contribution in [-0.4, -0.2) is 22.5 Å². The van der Waals surface area contributed by atoms with E-state index in [9.17, 15) is 4.79 Å². The number of rotatable bonds is 10. The molecule has 0 aliphatic rings. The van der Waals surface area contributed by atoms with Crippen LogP contribution in [0.3, 0.4) is 0 Å². The van der Waals surface area contributed by atoms with E-state index in [1.165, 1.54) is 24.8 Å². The highest BCUT2D eigenvalue weighted by Crippen LogP contribution is 2.34. The largest absolute Gasteiger partial charge is 0.396 e. The number of aryl methyl sites for hydroxylation is 1. The van der Waals surface area contributed by atoms with Gasteiger partial charge in [0.15, 0.2) is 5.78 Å². The summed E-state index contributed by atoms with van der Waals surface area (Å²) < 4.78 is 0. The van der Waals surface area contributed by atoms with Gasteiger partial charge in [-0.3, -0.25) is 4.79 Å². The predicted molar refractivity (Wildman–Crippen MR) is 116 cm³/mol. The van der Waals surface area contributed by atoms with Gasteiger partial charge in [0.25, 0.3) is 0 Å². The van der Waals surface area contributed by atoms with Crippen molar-refractivity contribution in [2.75, 3.05) is 6.61 Å². The monoisotopic (exact) mass is 377 g/mol. The lowest BCUT2D eigenvalue weighted by Gasteiger charge is -2.14. The number of ketones is 1. The summed E-state index contributed by atoms with van der Waals surface area (Å²) in [4.78, 5) is 16.7. The quantitative estimate of drug-likeness (QED) is 0.329. The Bertz CT molecular complexity index is 911. The van der Waals surface area contributed by atoms with Crippen LogP contribution in [0.15, 0.2) is 48.5 Å². The Labute approximate surface area is 167 Å². The SMILES string of the molecule is Cc1[nH]c2cccc(C(C)CCCCCCCO)c2c1C(=O)c1ccccc1. The summed E-state index contributed by atoms with van der Waals surface area (Å²) in [6, 6.07) is 15.9. The standard InChI is InChI=1S/C25H31NO2/c1-18(12-7-4-3-5-10-17-27)21-15-11-16-22-24(21)23(19(2)26-22)25(28)20-13-8-6-9-14-20/h6,8-9,11,13-16,18,26-27H,3-5,7,10,12,17H2,1-2H3. The fraction of sp³-hybridized carbons (Fsp3) is 0.400. The molecule has 0 spiro atoms. The van der Waals surface area contributed by atoms with E-state index in [0.29, 0.717) is 12.5 Å². The van der Waals surface area contributed by atoms with Crippen molar-refractivity contribution in [2.45, 2.75) is 58.3 Å². The highest BCUT2D eigenvalue weighted by Gasteiger charge is 2.21. The molecule has 3 nitrogen and oxygen atoms in total. The van der Waals surface area contributed by atoms with Crippen molar-refractivity contribution < 1.29 is 9.90 Å². The van der Waals surface area contributed by atoms with E-state index < -0.39 is 0 Å². The van der Waals surface area contributed by atoms with Gasteiger partial charge in [-0.1, -0.05) is 75.1 Å². The molecule has 0 fully saturated rings. The summed E-state index contributed by atoms with van der Waals surface area (Å²) in [5.41, 5.74) is 4.79. The molecule has 3 aromatic rings. The van der Waals surface area contributed by atoms with E-state index in [-0.39, 0.29) is 5.78 Å². The summed E-state index contributed by atoms with van der Waals surface area (Å²) in [6.07, 6.45) is 6.67. The first-order valence-electron chi connectivity index (χ1n) is 10.4.